The van der Waals surface area contributed by atoms with Gasteiger partial charge < -0.3 is 4.74 Å². The first-order chi connectivity index (χ1) is 12.2. The third-order valence-electron chi connectivity index (χ3n) is 3.84. The van der Waals surface area contributed by atoms with Crippen molar-refractivity contribution in [1.29, 1.82) is 0 Å². The normalized spacial score (nSPS) is 15.4. The quantitative estimate of drug-likeness (QED) is 0.582. The lowest BCUT2D eigenvalue weighted by Gasteiger charge is -2.33. The van der Waals surface area contributed by atoms with Gasteiger partial charge in [0.25, 0.3) is 0 Å². The summed E-state index contributed by atoms with van der Waals surface area (Å²) in [5.41, 5.74) is 2.20. The largest absolute Gasteiger partial charge is 0.468 e. The van der Waals surface area contributed by atoms with Gasteiger partial charge in [-0.25, -0.2) is 4.79 Å². The van der Waals surface area contributed by atoms with Crippen LogP contribution >= 0.6 is 22.9 Å². The van der Waals surface area contributed by atoms with Crippen LogP contribution in [0.1, 0.15) is 22.0 Å². The summed E-state index contributed by atoms with van der Waals surface area (Å²) in [5, 5.41) is 2.71. The summed E-state index contributed by atoms with van der Waals surface area (Å²) in [6.45, 7) is 1.59. The molecule has 1 aliphatic heterocycles. The van der Waals surface area contributed by atoms with E-state index in [4.69, 9.17) is 33.9 Å². The third-order valence-corrected chi connectivity index (χ3v) is 5.13. The zero-order valence-electron chi connectivity index (χ0n) is 13.8. The van der Waals surface area contributed by atoms with Crippen LogP contribution in [0.4, 0.5) is 0 Å². The summed E-state index contributed by atoms with van der Waals surface area (Å²) in [4.78, 5) is 15.8. The molecule has 3 rings (SSSR count). The van der Waals surface area contributed by atoms with Crippen LogP contribution in [-0.4, -0.2) is 42.0 Å². The molecule has 2 aromatic rings. The van der Waals surface area contributed by atoms with Gasteiger partial charge in [0, 0.05) is 23.0 Å². The minimum absolute atomic E-state index is 0.261. The first-order valence-corrected chi connectivity index (χ1v) is 10.2. The van der Waals surface area contributed by atoms with Crippen molar-refractivity contribution in [3.63, 3.8) is 0 Å². The van der Waals surface area contributed by atoms with Gasteiger partial charge in [0.1, 0.15) is 6.04 Å². The van der Waals surface area contributed by atoms with Gasteiger partial charge in [-0.1, -0.05) is 29.8 Å². The minimum atomic E-state index is -4.67. The molecule has 26 heavy (non-hydrogen) atoms. The van der Waals surface area contributed by atoms with Crippen molar-refractivity contribution in [3.8, 4) is 0 Å². The van der Waals surface area contributed by atoms with Crippen molar-refractivity contribution in [2.45, 2.75) is 19.0 Å². The van der Waals surface area contributed by atoms with E-state index in [1.807, 2.05) is 24.3 Å². The van der Waals surface area contributed by atoms with Crippen molar-refractivity contribution in [3.05, 3.63) is 56.7 Å². The maximum atomic E-state index is 12.3. The smallest absolute Gasteiger partial charge is 0.394 e. The van der Waals surface area contributed by atoms with E-state index in [0.29, 0.717) is 5.02 Å². The number of hydrogen-bond donors (Lipinski definition) is 2. The number of carbonyl (C=O) groups is 1. The number of fused-ring (bicyclic) bond motifs is 1. The van der Waals surface area contributed by atoms with Crippen molar-refractivity contribution >= 4 is 39.3 Å². The number of hydrogen-bond acceptors (Lipinski definition) is 6. The van der Waals surface area contributed by atoms with Gasteiger partial charge >= 0.3 is 16.4 Å². The van der Waals surface area contributed by atoms with E-state index in [-0.39, 0.29) is 5.97 Å². The highest BCUT2D eigenvalue weighted by atomic mass is 35.5. The summed E-state index contributed by atoms with van der Waals surface area (Å²) >= 11 is 8.02. The summed E-state index contributed by atoms with van der Waals surface area (Å²) in [6.07, 6.45) is 0.955. The molecule has 0 fully saturated rings. The number of halogens is 1. The second kappa shape index (κ2) is 8.94. The molecule has 1 aliphatic rings. The van der Waals surface area contributed by atoms with Crippen LogP contribution in [0, 0.1) is 0 Å². The van der Waals surface area contributed by atoms with Crippen molar-refractivity contribution in [2.24, 2.45) is 0 Å². The fourth-order valence-electron chi connectivity index (χ4n) is 2.76. The van der Waals surface area contributed by atoms with E-state index >= 15 is 0 Å². The first-order valence-electron chi connectivity index (χ1n) is 7.52. The van der Waals surface area contributed by atoms with E-state index < -0.39 is 16.4 Å². The molecule has 1 aromatic heterocycles. The number of benzene rings is 1. The lowest BCUT2D eigenvalue weighted by molar-refractivity contribution is -0.147. The van der Waals surface area contributed by atoms with Crippen LogP contribution < -0.4 is 0 Å². The highest BCUT2D eigenvalue weighted by Crippen LogP contribution is 2.34. The molecule has 0 aliphatic carbocycles. The zero-order valence-corrected chi connectivity index (χ0v) is 16.2. The average Bonchev–Trinajstić information content (AvgIpc) is 3.03. The second-order valence-corrected chi connectivity index (χ2v) is 7.79. The Morgan fingerprint density at radius 2 is 1.96 bits per heavy atom. The predicted molar refractivity (Wildman–Crippen MR) is 98.8 cm³/mol. The van der Waals surface area contributed by atoms with Crippen LogP contribution in [-0.2, 0) is 32.9 Å². The fourth-order valence-corrected chi connectivity index (χ4v) is 3.96. The monoisotopic (exact) mass is 419 g/mol. The Hall–Kier alpha value is -1.49. The van der Waals surface area contributed by atoms with Gasteiger partial charge in [0.05, 0.1) is 7.11 Å². The number of thiophene rings is 1. The molecule has 7 nitrogen and oxygen atoms in total. The molecule has 0 spiro atoms. The molecule has 2 N–H and O–H groups in total. The van der Waals surface area contributed by atoms with Gasteiger partial charge in [-0.3, -0.25) is 14.0 Å². The molecule has 0 saturated carbocycles. The molecule has 1 atom stereocenters. The molecule has 0 radical (unpaired) electrons. The van der Waals surface area contributed by atoms with Gasteiger partial charge in [-0.15, -0.1) is 11.3 Å². The van der Waals surface area contributed by atoms with Crippen LogP contribution in [0.3, 0.4) is 0 Å². The molecular formula is C16H18ClNO6S2. The maximum Gasteiger partial charge on any atom is 0.394 e. The lowest BCUT2D eigenvalue weighted by atomic mass is 10.0. The molecule has 1 aromatic carbocycles. The minimum Gasteiger partial charge on any atom is -0.468 e. The Labute approximate surface area is 160 Å². The molecular weight excluding hydrogens is 402 g/mol. The lowest BCUT2D eigenvalue weighted by Crippen LogP contribution is -2.38. The van der Waals surface area contributed by atoms with Gasteiger partial charge in [-0.05, 0) is 35.1 Å². The van der Waals surface area contributed by atoms with Gasteiger partial charge in [0.2, 0.25) is 0 Å². The Morgan fingerprint density at radius 3 is 2.58 bits per heavy atom. The third kappa shape index (κ3) is 5.76. The SMILES string of the molecule is COC(=O)[C@H](c1ccccc1Cl)N1CCc2ccsc2C1.O=S(=O)(O)O. The molecule has 10 heteroatoms. The van der Waals surface area contributed by atoms with Crippen LogP contribution in [0.25, 0.3) is 0 Å². The fraction of sp³-hybridized carbons (Fsp3) is 0.312. The standard InChI is InChI=1S/C16H16ClNO2S.H2O4S/c1-20-16(19)15(12-4-2-3-5-13(12)17)18-8-6-11-7-9-21-14(11)10-18;1-5(2,3)4/h2-5,7,9,15H,6,8,10H2,1H3;(H2,1,2,3,4)/t15-;/m0./s1. The molecule has 0 saturated heterocycles. The zero-order chi connectivity index (χ0) is 19.3. The van der Waals surface area contributed by atoms with E-state index in [1.165, 1.54) is 17.6 Å². The van der Waals surface area contributed by atoms with Crippen LogP contribution in [0.15, 0.2) is 35.7 Å². The van der Waals surface area contributed by atoms with Crippen molar-refractivity contribution < 1.29 is 27.1 Å². The summed E-state index contributed by atoms with van der Waals surface area (Å²) < 4.78 is 36.6. The molecule has 0 unspecified atom stereocenters. The topological polar surface area (TPSA) is 104 Å². The maximum absolute atomic E-state index is 12.3. The van der Waals surface area contributed by atoms with E-state index in [1.54, 1.807) is 11.3 Å². The molecule has 2 heterocycles. The molecule has 0 amide bonds. The number of rotatable bonds is 3. The van der Waals surface area contributed by atoms with Crippen molar-refractivity contribution in [1.82, 2.24) is 4.90 Å². The average molecular weight is 420 g/mol. The van der Waals surface area contributed by atoms with E-state index in [9.17, 15) is 4.79 Å². The predicted octanol–water partition coefficient (Wildman–Crippen LogP) is 3.02. The number of ether oxygens (including phenoxy) is 1. The summed E-state index contributed by atoms with van der Waals surface area (Å²) in [6, 6.07) is 9.20. The molecule has 0 bridgehead atoms. The number of nitrogens with zero attached hydrogens (tertiary/aromatic N) is 1. The van der Waals surface area contributed by atoms with Crippen molar-refractivity contribution in [2.75, 3.05) is 13.7 Å². The first kappa shape index (κ1) is 20.8. The summed E-state index contributed by atoms with van der Waals surface area (Å²) in [5.74, 6) is -0.261. The highest BCUT2D eigenvalue weighted by molar-refractivity contribution is 7.79. The van der Waals surface area contributed by atoms with Gasteiger partial charge in [-0.2, -0.15) is 8.42 Å². The molecule has 142 valence electrons. The number of carbonyl (C=O) groups excluding carboxylic acids is 1. The number of methoxy groups -OCH3 is 1. The Balaban J connectivity index is 0.000000431. The highest BCUT2D eigenvalue weighted by Gasteiger charge is 2.32. The van der Waals surface area contributed by atoms with Crippen LogP contribution in [0.5, 0.6) is 0 Å². The number of esters is 1. The summed E-state index contributed by atoms with van der Waals surface area (Å²) in [7, 11) is -3.24. The van der Waals surface area contributed by atoms with E-state index in [0.717, 1.165) is 25.1 Å². The van der Waals surface area contributed by atoms with Crippen LogP contribution in [0.2, 0.25) is 5.02 Å². The van der Waals surface area contributed by atoms with E-state index in [2.05, 4.69) is 16.3 Å². The van der Waals surface area contributed by atoms with Gasteiger partial charge in [0.15, 0.2) is 0 Å². The Kier molecular flexibility index (Phi) is 7.16. The second-order valence-electron chi connectivity index (χ2n) is 5.48. The Bertz CT molecular complexity index is 859. The Morgan fingerprint density at radius 1 is 1.31 bits per heavy atom.